The van der Waals surface area contributed by atoms with Gasteiger partial charge in [-0.25, -0.2) is 4.98 Å². The van der Waals surface area contributed by atoms with Gasteiger partial charge in [-0.2, -0.15) is 5.10 Å². The van der Waals surface area contributed by atoms with Gasteiger partial charge in [0.25, 0.3) is 0 Å². The molecule has 1 aromatic carbocycles. The summed E-state index contributed by atoms with van der Waals surface area (Å²) >= 11 is 0. The highest BCUT2D eigenvalue weighted by atomic mass is 16.2. The molecular formula is C18H19N5O2. The Morgan fingerprint density at radius 1 is 1.24 bits per heavy atom. The maximum absolute atomic E-state index is 12.4. The number of anilines is 1. The number of carbonyl (C=O) groups is 2. The van der Waals surface area contributed by atoms with Gasteiger partial charge in [-0.3, -0.25) is 14.7 Å². The molecule has 0 saturated heterocycles. The SMILES string of the molecule is CC(=O)NC(CC(=O)Nc1cnc2n[nH]c(C)c2c1)c1ccccc1. The number of nitrogens with one attached hydrogen (secondary N) is 3. The van der Waals surface area contributed by atoms with Gasteiger partial charge in [0.2, 0.25) is 11.8 Å². The minimum Gasteiger partial charge on any atom is -0.349 e. The fourth-order valence-electron chi connectivity index (χ4n) is 2.67. The van der Waals surface area contributed by atoms with Crippen molar-refractivity contribution in [3.63, 3.8) is 0 Å². The van der Waals surface area contributed by atoms with Crippen molar-refractivity contribution >= 4 is 28.5 Å². The lowest BCUT2D eigenvalue weighted by Crippen LogP contribution is -2.29. The van der Waals surface area contributed by atoms with Crippen LogP contribution in [0.1, 0.15) is 30.6 Å². The fourth-order valence-corrected chi connectivity index (χ4v) is 2.67. The average molecular weight is 337 g/mol. The first kappa shape index (κ1) is 16.6. The highest BCUT2D eigenvalue weighted by Crippen LogP contribution is 2.20. The zero-order valence-corrected chi connectivity index (χ0v) is 14.0. The van der Waals surface area contributed by atoms with E-state index in [0.29, 0.717) is 11.3 Å². The molecule has 0 aliphatic rings. The zero-order chi connectivity index (χ0) is 17.8. The van der Waals surface area contributed by atoms with Gasteiger partial charge in [0.1, 0.15) is 0 Å². The summed E-state index contributed by atoms with van der Waals surface area (Å²) in [6.07, 6.45) is 1.70. The Balaban J connectivity index is 1.74. The average Bonchev–Trinajstić information content (AvgIpc) is 2.95. The molecule has 25 heavy (non-hydrogen) atoms. The number of carbonyl (C=O) groups excluding carboxylic acids is 2. The third-order valence-corrected chi connectivity index (χ3v) is 3.85. The number of aryl methyl sites for hydroxylation is 1. The summed E-state index contributed by atoms with van der Waals surface area (Å²) in [6.45, 7) is 3.33. The summed E-state index contributed by atoms with van der Waals surface area (Å²) < 4.78 is 0. The Labute approximate surface area is 144 Å². The van der Waals surface area contributed by atoms with Crippen LogP contribution in [0.4, 0.5) is 5.69 Å². The quantitative estimate of drug-likeness (QED) is 0.666. The molecule has 7 heteroatoms. The number of rotatable bonds is 5. The summed E-state index contributed by atoms with van der Waals surface area (Å²) in [6, 6.07) is 10.9. The zero-order valence-electron chi connectivity index (χ0n) is 14.0. The highest BCUT2D eigenvalue weighted by Gasteiger charge is 2.17. The number of amides is 2. The molecule has 0 radical (unpaired) electrons. The lowest BCUT2D eigenvalue weighted by Gasteiger charge is -2.18. The number of aromatic nitrogens is 3. The van der Waals surface area contributed by atoms with E-state index in [1.54, 1.807) is 6.20 Å². The van der Waals surface area contributed by atoms with E-state index in [1.807, 2.05) is 43.3 Å². The van der Waals surface area contributed by atoms with E-state index in [-0.39, 0.29) is 24.3 Å². The number of hydrogen-bond donors (Lipinski definition) is 3. The number of hydrogen-bond acceptors (Lipinski definition) is 4. The molecule has 2 aromatic heterocycles. The van der Waals surface area contributed by atoms with Gasteiger partial charge in [-0.15, -0.1) is 0 Å². The lowest BCUT2D eigenvalue weighted by molar-refractivity contribution is -0.120. The van der Waals surface area contributed by atoms with E-state index in [9.17, 15) is 9.59 Å². The summed E-state index contributed by atoms with van der Waals surface area (Å²) in [4.78, 5) is 28.1. The monoisotopic (exact) mass is 337 g/mol. The minimum atomic E-state index is -0.383. The Morgan fingerprint density at radius 2 is 2.00 bits per heavy atom. The molecule has 3 rings (SSSR count). The van der Waals surface area contributed by atoms with Crippen LogP contribution in [0, 0.1) is 6.92 Å². The summed E-state index contributed by atoms with van der Waals surface area (Å²) in [5.41, 5.74) is 2.97. The first-order valence-electron chi connectivity index (χ1n) is 7.95. The van der Waals surface area contributed by atoms with Crippen LogP contribution < -0.4 is 10.6 Å². The smallest absolute Gasteiger partial charge is 0.226 e. The molecule has 1 unspecified atom stereocenters. The van der Waals surface area contributed by atoms with Gasteiger partial charge in [-0.05, 0) is 18.6 Å². The molecule has 7 nitrogen and oxygen atoms in total. The van der Waals surface area contributed by atoms with E-state index >= 15 is 0 Å². The molecule has 0 fully saturated rings. The van der Waals surface area contributed by atoms with Crippen molar-refractivity contribution in [1.82, 2.24) is 20.5 Å². The second-order valence-corrected chi connectivity index (χ2v) is 5.86. The van der Waals surface area contributed by atoms with Crippen LogP contribution in [0.3, 0.4) is 0 Å². The molecule has 1 atom stereocenters. The first-order chi connectivity index (χ1) is 12.0. The van der Waals surface area contributed by atoms with Gasteiger partial charge in [0.15, 0.2) is 5.65 Å². The Hall–Kier alpha value is -3.22. The van der Waals surface area contributed by atoms with E-state index < -0.39 is 0 Å². The van der Waals surface area contributed by atoms with Crippen molar-refractivity contribution in [2.75, 3.05) is 5.32 Å². The lowest BCUT2D eigenvalue weighted by atomic mass is 10.0. The normalized spacial score (nSPS) is 11.9. The van der Waals surface area contributed by atoms with Gasteiger partial charge in [0.05, 0.1) is 24.3 Å². The van der Waals surface area contributed by atoms with Crippen LogP contribution in [-0.4, -0.2) is 27.0 Å². The van der Waals surface area contributed by atoms with Gasteiger partial charge in [0, 0.05) is 18.0 Å². The molecule has 3 N–H and O–H groups in total. The largest absolute Gasteiger partial charge is 0.349 e. The number of aromatic amines is 1. The van der Waals surface area contributed by atoms with Crippen molar-refractivity contribution in [2.45, 2.75) is 26.3 Å². The van der Waals surface area contributed by atoms with Crippen LogP contribution in [0.15, 0.2) is 42.6 Å². The Morgan fingerprint density at radius 3 is 2.72 bits per heavy atom. The standard InChI is InChI=1S/C18H19N5O2/c1-11-15-8-14(10-19-18(15)23-22-11)21-17(25)9-16(20-12(2)24)13-6-4-3-5-7-13/h3-8,10,16H,9H2,1-2H3,(H,20,24)(H,21,25)(H,19,22,23). The Kier molecular flexibility index (Phi) is 4.74. The second kappa shape index (κ2) is 7.12. The maximum Gasteiger partial charge on any atom is 0.226 e. The third kappa shape index (κ3) is 4.00. The molecule has 0 aliphatic carbocycles. The summed E-state index contributed by atoms with van der Waals surface area (Å²) in [5.74, 6) is -0.385. The van der Waals surface area contributed by atoms with E-state index in [4.69, 9.17) is 0 Å². The van der Waals surface area contributed by atoms with Crippen LogP contribution in [0.2, 0.25) is 0 Å². The fraction of sp³-hybridized carbons (Fsp3) is 0.222. The second-order valence-electron chi connectivity index (χ2n) is 5.86. The molecule has 0 saturated carbocycles. The topological polar surface area (TPSA) is 99.8 Å². The van der Waals surface area contributed by atoms with Crippen molar-refractivity contribution in [3.05, 3.63) is 53.9 Å². The number of H-pyrrole nitrogens is 1. The molecule has 0 aliphatic heterocycles. The van der Waals surface area contributed by atoms with E-state index in [2.05, 4.69) is 25.8 Å². The van der Waals surface area contributed by atoms with Crippen LogP contribution in [0.5, 0.6) is 0 Å². The van der Waals surface area contributed by atoms with Gasteiger partial charge < -0.3 is 10.6 Å². The molecule has 0 bridgehead atoms. The number of pyridine rings is 1. The van der Waals surface area contributed by atoms with Crippen LogP contribution in [0.25, 0.3) is 11.0 Å². The maximum atomic E-state index is 12.4. The van der Waals surface area contributed by atoms with E-state index in [0.717, 1.165) is 16.6 Å². The summed E-state index contributed by atoms with van der Waals surface area (Å²) in [7, 11) is 0. The minimum absolute atomic E-state index is 0.131. The molecule has 2 heterocycles. The highest BCUT2D eigenvalue weighted by molar-refractivity contribution is 5.93. The van der Waals surface area contributed by atoms with Gasteiger partial charge >= 0.3 is 0 Å². The number of benzene rings is 1. The molecule has 3 aromatic rings. The van der Waals surface area contributed by atoms with Crippen LogP contribution >= 0.6 is 0 Å². The van der Waals surface area contributed by atoms with Crippen LogP contribution in [-0.2, 0) is 9.59 Å². The molecule has 128 valence electrons. The van der Waals surface area contributed by atoms with Crippen molar-refractivity contribution in [2.24, 2.45) is 0 Å². The predicted molar refractivity (Wildman–Crippen MR) is 94.9 cm³/mol. The van der Waals surface area contributed by atoms with E-state index in [1.165, 1.54) is 6.92 Å². The molecular weight excluding hydrogens is 318 g/mol. The first-order valence-corrected chi connectivity index (χ1v) is 7.95. The number of fused-ring (bicyclic) bond motifs is 1. The summed E-state index contributed by atoms with van der Waals surface area (Å²) in [5, 5.41) is 13.4. The molecule has 2 amide bonds. The van der Waals surface area contributed by atoms with Crippen molar-refractivity contribution < 1.29 is 9.59 Å². The Bertz CT molecular complexity index is 904. The van der Waals surface area contributed by atoms with Crippen molar-refractivity contribution in [1.29, 1.82) is 0 Å². The predicted octanol–water partition coefficient (Wildman–Crippen LogP) is 2.47. The number of nitrogens with zero attached hydrogens (tertiary/aromatic N) is 2. The van der Waals surface area contributed by atoms with Gasteiger partial charge in [-0.1, -0.05) is 30.3 Å². The van der Waals surface area contributed by atoms with Crippen molar-refractivity contribution in [3.8, 4) is 0 Å². The third-order valence-electron chi connectivity index (χ3n) is 3.85. The molecule has 0 spiro atoms.